The molecule has 1 aromatic rings. The second-order valence-corrected chi connectivity index (χ2v) is 5.62. The zero-order valence-corrected chi connectivity index (χ0v) is 12.7. The van der Waals surface area contributed by atoms with Crippen LogP contribution in [-0.4, -0.2) is 37.6 Å². The van der Waals surface area contributed by atoms with E-state index in [4.69, 9.17) is 0 Å². The lowest BCUT2D eigenvalue weighted by atomic mass is 10.0. The summed E-state index contributed by atoms with van der Waals surface area (Å²) in [5.74, 6) is 0. The molecule has 0 aliphatic carbocycles. The lowest BCUT2D eigenvalue weighted by Gasteiger charge is -2.35. The van der Waals surface area contributed by atoms with Crippen molar-refractivity contribution >= 4 is 17.4 Å². The molecule has 1 aliphatic heterocycles. The highest BCUT2D eigenvalue weighted by molar-refractivity contribution is 5.89. The molecule has 1 unspecified atom stereocenters. The predicted molar refractivity (Wildman–Crippen MR) is 84.4 cm³/mol. The van der Waals surface area contributed by atoms with Gasteiger partial charge in [0.1, 0.15) is 0 Å². The summed E-state index contributed by atoms with van der Waals surface area (Å²) < 4.78 is 0. The monoisotopic (exact) mass is 275 g/mol. The fourth-order valence-corrected chi connectivity index (χ4v) is 2.73. The molecule has 0 spiro atoms. The van der Waals surface area contributed by atoms with E-state index in [0.29, 0.717) is 6.04 Å². The first kappa shape index (κ1) is 14.7. The molecule has 1 atom stereocenters. The molecule has 0 radical (unpaired) electrons. The third-order valence-electron chi connectivity index (χ3n) is 3.99. The Labute approximate surface area is 121 Å². The molecule has 2 amide bonds. The molecule has 1 aliphatic rings. The van der Waals surface area contributed by atoms with Gasteiger partial charge in [0.15, 0.2) is 0 Å². The molecular formula is C16H25N3O. The number of benzene rings is 1. The summed E-state index contributed by atoms with van der Waals surface area (Å²) in [7, 11) is 4.01. The maximum absolute atomic E-state index is 12.4. The Morgan fingerprint density at radius 3 is 2.60 bits per heavy atom. The third-order valence-corrected chi connectivity index (χ3v) is 3.99. The highest BCUT2D eigenvalue weighted by Gasteiger charge is 2.25. The van der Waals surface area contributed by atoms with Gasteiger partial charge in [-0.3, -0.25) is 0 Å². The van der Waals surface area contributed by atoms with Crippen molar-refractivity contribution in [1.29, 1.82) is 0 Å². The molecular weight excluding hydrogens is 250 g/mol. The van der Waals surface area contributed by atoms with E-state index < -0.39 is 0 Å². The van der Waals surface area contributed by atoms with E-state index in [-0.39, 0.29) is 6.03 Å². The van der Waals surface area contributed by atoms with Gasteiger partial charge < -0.3 is 15.1 Å². The summed E-state index contributed by atoms with van der Waals surface area (Å²) in [4.78, 5) is 16.4. The normalized spacial score (nSPS) is 18.8. The van der Waals surface area contributed by atoms with E-state index in [0.717, 1.165) is 37.2 Å². The summed E-state index contributed by atoms with van der Waals surface area (Å²) in [5, 5.41) is 3.01. The standard InChI is InChI=1S/C16H25N3O/c1-4-14-7-5-6-12-19(14)16(20)17-13-8-10-15(11-9-13)18(2)3/h8-11,14H,4-7,12H2,1-3H3,(H,17,20). The molecule has 1 N–H and O–H groups in total. The van der Waals surface area contributed by atoms with Crippen LogP contribution in [-0.2, 0) is 0 Å². The van der Waals surface area contributed by atoms with E-state index >= 15 is 0 Å². The second kappa shape index (κ2) is 6.64. The van der Waals surface area contributed by atoms with E-state index in [9.17, 15) is 4.79 Å². The lowest BCUT2D eigenvalue weighted by Crippen LogP contribution is -2.45. The van der Waals surface area contributed by atoms with Gasteiger partial charge in [0.2, 0.25) is 0 Å². The number of carbonyl (C=O) groups excluding carboxylic acids is 1. The molecule has 0 bridgehead atoms. The molecule has 4 nitrogen and oxygen atoms in total. The average molecular weight is 275 g/mol. The number of nitrogens with one attached hydrogen (secondary N) is 1. The number of piperidine rings is 1. The maximum Gasteiger partial charge on any atom is 0.322 e. The molecule has 0 aromatic heterocycles. The van der Waals surface area contributed by atoms with Gasteiger partial charge in [0.25, 0.3) is 0 Å². The zero-order valence-electron chi connectivity index (χ0n) is 12.7. The predicted octanol–water partition coefficient (Wildman–Crippen LogP) is 3.55. The van der Waals surface area contributed by atoms with Crippen molar-refractivity contribution in [3.05, 3.63) is 24.3 Å². The van der Waals surface area contributed by atoms with Crippen LogP contribution in [0.15, 0.2) is 24.3 Å². The lowest BCUT2D eigenvalue weighted by molar-refractivity contribution is 0.160. The van der Waals surface area contributed by atoms with Crippen molar-refractivity contribution in [1.82, 2.24) is 4.90 Å². The number of nitrogens with zero attached hydrogens (tertiary/aromatic N) is 2. The minimum atomic E-state index is 0.0363. The Kier molecular flexibility index (Phi) is 4.88. The van der Waals surface area contributed by atoms with E-state index in [1.807, 2.05) is 48.2 Å². The van der Waals surface area contributed by atoms with Gasteiger partial charge in [-0.05, 0) is 49.9 Å². The zero-order chi connectivity index (χ0) is 14.5. The first-order chi connectivity index (χ1) is 9.61. The van der Waals surface area contributed by atoms with Crippen LogP contribution in [0.25, 0.3) is 0 Å². The minimum absolute atomic E-state index is 0.0363. The summed E-state index contributed by atoms with van der Waals surface area (Å²) >= 11 is 0. The van der Waals surface area contributed by atoms with Crippen molar-refractivity contribution in [2.24, 2.45) is 0 Å². The molecule has 2 rings (SSSR count). The number of hydrogen-bond donors (Lipinski definition) is 1. The van der Waals surface area contributed by atoms with E-state index in [2.05, 4.69) is 12.2 Å². The summed E-state index contributed by atoms with van der Waals surface area (Å²) in [5.41, 5.74) is 1.99. The SMILES string of the molecule is CCC1CCCCN1C(=O)Nc1ccc(N(C)C)cc1. The van der Waals surface area contributed by atoms with Gasteiger partial charge in [0.05, 0.1) is 0 Å². The number of urea groups is 1. The van der Waals surface area contributed by atoms with Gasteiger partial charge in [-0.1, -0.05) is 6.92 Å². The Morgan fingerprint density at radius 2 is 2.00 bits per heavy atom. The van der Waals surface area contributed by atoms with Crippen molar-refractivity contribution in [3.8, 4) is 0 Å². The number of amides is 2. The quantitative estimate of drug-likeness (QED) is 0.915. The summed E-state index contributed by atoms with van der Waals surface area (Å²) in [6, 6.07) is 8.38. The number of rotatable bonds is 3. The van der Waals surface area contributed by atoms with Crippen molar-refractivity contribution in [2.45, 2.75) is 38.6 Å². The van der Waals surface area contributed by atoms with E-state index in [1.54, 1.807) is 0 Å². The van der Waals surface area contributed by atoms with Crippen molar-refractivity contribution in [3.63, 3.8) is 0 Å². The first-order valence-electron chi connectivity index (χ1n) is 7.47. The summed E-state index contributed by atoms with van der Waals surface area (Å²) in [6.45, 7) is 3.03. The van der Waals surface area contributed by atoms with Crippen molar-refractivity contribution < 1.29 is 4.79 Å². The molecule has 0 saturated carbocycles. The smallest absolute Gasteiger partial charge is 0.322 e. The molecule has 1 fully saturated rings. The Morgan fingerprint density at radius 1 is 1.30 bits per heavy atom. The van der Waals surface area contributed by atoms with Gasteiger partial charge in [-0.15, -0.1) is 0 Å². The second-order valence-electron chi connectivity index (χ2n) is 5.62. The highest BCUT2D eigenvalue weighted by Crippen LogP contribution is 2.21. The van der Waals surface area contributed by atoms with Crippen LogP contribution in [0.5, 0.6) is 0 Å². The number of carbonyl (C=O) groups is 1. The minimum Gasteiger partial charge on any atom is -0.378 e. The van der Waals surface area contributed by atoms with Crippen LogP contribution in [0.2, 0.25) is 0 Å². The van der Waals surface area contributed by atoms with Crippen LogP contribution >= 0.6 is 0 Å². The molecule has 4 heteroatoms. The van der Waals surface area contributed by atoms with Gasteiger partial charge in [-0.2, -0.15) is 0 Å². The Bertz CT molecular complexity index is 442. The topological polar surface area (TPSA) is 35.6 Å². The first-order valence-corrected chi connectivity index (χ1v) is 7.47. The molecule has 1 aromatic carbocycles. The summed E-state index contributed by atoms with van der Waals surface area (Å²) in [6.07, 6.45) is 4.51. The van der Waals surface area contributed by atoms with E-state index in [1.165, 1.54) is 6.42 Å². The van der Waals surface area contributed by atoms with Crippen LogP contribution in [0.1, 0.15) is 32.6 Å². The fourth-order valence-electron chi connectivity index (χ4n) is 2.73. The number of likely N-dealkylation sites (tertiary alicyclic amines) is 1. The average Bonchev–Trinajstić information content (AvgIpc) is 2.47. The van der Waals surface area contributed by atoms with Crippen LogP contribution in [0, 0.1) is 0 Å². The molecule has 1 heterocycles. The highest BCUT2D eigenvalue weighted by atomic mass is 16.2. The van der Waals surface area contributed by atoms with Gasteiger partial charge >= 0.3 is 6.03 Å². The van der Waals surface area contributed by atoms with Gasteiger partial charge in [-0.25, -0.2) is 4.79 Å². The van der Waals surface area contributed by atoms with Crippen molar-refractivity contribution in [2.75, 3.05) is 30.9 Å². The Hall–Kier alpha value is -1.71. The van der Waals surface area contributed by atoms with Crippen LogP contribution in [0.4, 0.5) is 16.2 Å². The van der Waals surface area contributed by atoms with Gasteiger partial charge in [0, 0.05) is 38.1 Å². The van der Waals surface area contributed by atoms with Crippen LogP contribution in [0.3, 0.4) is 0 Å². The van der Waals surface area contributed by atoms with Crippen LogP contribution < -0.4 is 10.2 Å². The fraction of sp³-hybridized carbons (Fsp3) is 0.562. The third kappa shape index (κ3) is 3.44. The number of hydrogen-bond acceptors (Lipinski definition) is 2. The Balaban J connectivity index is 1.99. The largest absolute Gasteiger partial charge is 0.378 e. The number of anilines is 2. The maximum atomic E-state index is 12.4. The molecule has 20 heavy (non-hydrogen) atoms. The molecule has 1 saturated heterocycles. The molecule has 110 valence electrons.